The van der Waals surface area contributed by atoms with Crippen LogP contribution < -0.4 is 10.1 Å². The summed E-state index contributed by atoms with van der Waals surface area (Å²) in [6, 6.07) is 31.4. The summed E-state index contributed by atoms with van der Waals surface area (Å²) < 4.78 is 20.1. The second-order valence-corrected chi connectivity index (χ2v) is 9.77. The van der Waals surface area contributed by atoms with Crippen LogP contribution in [0.1, 0.15) is 16.1 Å². The van der Waals surface area contributed by atoms with Gasteiger partial charge in [0.15, 0.2) is 0 Å². The van der Waals surface area contributed by atoms with Gasteiger partial charge in [0.2, 0.25) is 11.8 Å². The van der Waals surface area contributed by atoms with Crippen molar-refractivity contribution in [2.45, 2.75) is 6.54 Å². The lowest BCUT2D eigenvalue weighted by Gasteiger charge is -2.25. The number of hydrogen-bond acceptors (Lipinski definition) is 4. The van der Waals surface area contributed by atoms with Crippen molar-refractivity contribution in [1.29, 1.82) is 0 Å². The van der Waals surface area contributed by atoms with Gasteiger partial charge in [0.05, 0.1) is 0 Å². The molecule has 42 heavy (non-hydrogen) atoms. The minimum Gasteiger partial charge on any atom is -0.457 e. The van der Waals surface area contributed by atoms with Crippen molar-refractivity contribution < 1.29 is 23.5 Å². The maximum atomic E-state index is 14.3. The molecule has 5 aromatic rings. The van der Waals surface area contributed by atoms with Gasteiger partial charge < -0.3 is 24.8 Å². The molecule has 0 saturated carbocycles. The predicted molar refractivity (Wildman–Crippen MR) is 159 cm³/mol. The summed E-state index contributed by atoms with van der Waals surface area (Å²) in [6.07, 6.45) is 0. The third-order valence-corrected chi connectivity index (χ3v) is 6.59. The number of hydrogen-bond donors (Lipinski definition) is 2. The van der Waals surface area contributed by atoms with E-state index in [1.54, 1.807) is 37.4 Å². The van der Waals surface area contributed by atoms with Gasteiger partial charge in [-0.05, 0) is 60.2 Å². The Morgan fingerprint density at radius 3 is 2.17 bits per heavy atom. The van der Waals surface area contributed by atoms with E-state index in [1.165, 1.54) is 23.1 Å². The van der Waals surface area contributed by atoms with Crippen LogP contribution >= 0.6 is 0 Å². The van der Waals surface area contributed by atoms with Crippen LogP contribution in [-0.4, -0.2) is 52.6 Å². The number of fused-ring (bicyclic) bond motifs is 1. The number of carbonyl (C=O) groups excluding carboxylic acids is 3. The van der Waals surface area contributed by atoms with Gasteiger partial charge in [0, 0.05) is 30.2 Å². The van der Waals surface area contributed by atoms with E-state index in [9.17, 15) is 18.8 Å². The number of anilines is 1. The van der Waals surface area contributed by atoms with Crippen molar-refractivity contribution in [1.82, 2.24) is 14.8 Å². The highest BCUT2D eigenvalue weighted by atomic mass is 19.1. The Balaban J connectivity index is 1.30. The zero-order valence-corrected chi connectivity index (χ0v) is 22.9. The van der Waals surface area contributed by atoms with Gasteiger partial charge in [0.1, 0.15) is 36.1 Å². The van der Waals surface area contributed by atoms with Crippen LogP contribution in [0.4, 0.5) is 10.1 Å². The molecule has 0 bridgehead atoms. The molecule has 0 aliphatic heterocycles. The van der Waals surface area contributed by atoms with Crippen LogP contribution in [-0.2, 0) is 16.1 Å². The molecule has 4 aromatic carbocycles. The maximum absolute atomic E-state index is 14.3. The van der Waals surface area contributed by atoms with Gasteiger partial charge >= 0.3 is 0 Å². The highest BCUT2D eigenvalue weighted by Gasteiger charge is 2.25. The number of likely N-dealkylation sites (N-methyl/N-ethyl adjacent to an activating group) is 1. The van der Waals surface area contributed by atoms with E-state index in [4.69, 9.17) is 4.74 Å². The van der Waals surface area contributed by atoms with Gasteiger partial charge in [-0.3, -0.25) is 14.4 Å². The molecule has 5 rings (SSSR count). The number of carbonyl (C=O) groups is 3. The molecular weight excluding hydrogens is 535 g/mol. The summed E-state index contributed by atoms with van der Waals surface area (Å²) in [6.45, 7) is -0.413. The topological polar surface area (TPSA) is 94.7 Å². The monoisotopic (exact) mass is 564 g/mol. The number of aromatic nitrogens is 1. The zero-order chi connectivity index (χ0) is 29.5. The molecule has 0 radical (unpaired) electrons. The molecule has 0 aliphatic carbocycles. The smallest absolute Gasteiger partial charge is 0.271 e. The lowest BCUT2D eigenvalue weighted by Crippen LogP contribution is -2.44. The average molecular weight is 565 g/mol. The molecule has 1 aromatic heterocycles. The molecule has 0 spiro atoms. The Bertz CT molecular complexity index is 1690. The molecule has 3 amide bonds. The molecular formula is C33H29FN4O4. The van der Waals surface area contributed by atoms with E-state index in [0.717, 1.165) is 10.5 Å². The zero-order valence-electron chi connectivity index (χ0n) is 22.9. The summed E-state index contributed by atoms with van der Waals surface area (Å²) in [4.78, 5) is 45.3. The van der Waals surface area contributed by atoms with Crippen LogP contribution in [0.5, 0.6) is 11.5 Å². The molecule has 0 unspecified atom stereocenters. The number of halogens is 1. The molecule has 0 aliphatic rings. The van der Waals surface area contributed by atoms with Crippen LogP contribution in [0.3, 0.4) is 0 Å². The molecule has 0 saturated heterocycles. The van der Waals surface area contributed by atoms with Crippen molar-refractivity contribution in [2.24, 2.45) is 0 Å². The van der Waals surface area contributed by atoms with Crippen molar-refractivity contribution in [3.8, 4) is 11.5 Å². The van der Waals surface area contributed by atoms with Crippen molar-refractivity contribution in [3.63, 3.8) is 0 Å². The number of ether oxygens (including phenoxy) is 1. The molecule has 1 heterocycles. The maximum Gasteiger partial charge on any atom is 0.271 e. The van der Waals surface area contributed by atoms with Crippen LogP contribution in [0.15, 0.2) is 109 Å². The minimum atomic E-state index is -0.603. The lowest BCUT2D eigenvalue weighted by atomic mass is 10.2. The Morgan fingerprint density at radius 2 is 1.48 bits per heavy atom. The molecule has 212 valence electrons. The van der Waals surface area contributed by atoms with Crippen molar-refractivity contribution in [2.75, 3.05) is 25.5 Å². The van der Waals surface area contributed by atoms with Gasteiger partial charge in [-0.1, -0.05) is 54.6 Å². The van der Waals surface area contributed by atoms with E-state index < -0.39 is 24.2 Å². The summed E-state index contributed by atoms with van der Waals surface area (Å²) in [7, 11) is 1.63. The van der Waals surface area contributed by atoms with Crippen LogP contribution in [0.2, 0.25) is 0 Å². The Morgan fingerprint density at radius 1 is 0.810 bits per heavy atom. The van der Waals surface area contributed by atoms with Crippen molar-refractivity contribution >= 4 is 34.3 Å². The average Bonchev–Trinajstić information content (AvgIpc) is 3.44. The van der Waals surface area contributed by atoms with E-state index in [-0.39, 0.29) is 23.5 Å². The first-order valence-electron chi connectivity index (χ1n) is 13.3. The number of nitrogens with one attached hydrogen (secondary N) is 2. The van der Waals surface area contributed by atoms with Gasteiger partial charge in [-0.2, -0.15) is 0 Å². The number of nitrogens with zero attached hydrogens (tertiary/aromatic N) is 2. The van der Waals surface area contributed by atoms with E-state index in [1.807, 2.05) is 60.7 Å². The second kappa shape index (κ2) is 12.8. The predicted octanol–water partition coefficient (Wildman–Crippen LogP) is 5.84. The van der Waals surface area contributed by atoms with Gasteiger partial charge in [-0.25, -0.2) is 4.39 Å². The molecule has 0 fully saturated rings. The summed E-state index contributed by atoms with van der Waals surface area (Å²) in [5, 5.41) is 3.01. The van der Waals surface area contributed by atoms with Crippen molar-refractivity contribution in [3.05, 3.63) is 126 Å². The first kappa shape index (κ1) is 28.1. The molecule has 2 N–H and O–H groups in total. The molecule has 9 heteroatoms. The SMILES string of the molecule is CN(Cc1ccccc1)C(=O)CN(CC(=O)Nc1ccc(Oc2ccccc2)cc1)C(=O)c1cc2c(F)cccc2[nH]1. The Hall–Kier alpha value is -5.44. The van der Waals surface area contributed by atoms with Gasteiger partial charge in [0.25, 0.3) is 5.91 Å². The lowest BCUT2D eigenvalue weighted by molar-refractivity contribution is -0.131. The standard InChI is InChI=1S/C33H29FN4O4/c1-37(20-23-9-4-2-5-10-23)32(40)22-38(33(41)30-19-27-28(34)13-8-14-29(27)36-30)21-31(39)35-24-15-17-26(18-16-24)42-25-11-6-3-7-12-25/h2-19,36H,20-22H2,1H3,(H,35,39). The summed E-state index contributed by atoms with van der Waals surface area (Å²) >= 11 is 0. The quantitative estimate of drug-likeness (QED) is 0.223. The number of aromatic amines is 1. The first-order chi connectivity index (χ1) is 20.4. The Kier molecular flexibility index (Phi) is 8.58. The number of H-pyrrole nitrogens is 1. The van der Waals surface area contributed by atoms with E-state index >= 15 is 0 Å². The third-order valence-electron chi connectivity index (χ3n) is 6.59. The van der Waals surface area contributed by atoms with E-state index in [0.29, 0.717) is 29.2 Å². The molecule has 8 nitrogen and oxygen atoms in total. The Labute approximate surface area is 242 Å². The van der Waals surface area contributed by atoms with Crippen LogP contribution in [0.25, 0.3) is 10.9 Å². The highest BCUT2D eigenvalue weighted by Crippen LogP contribution is 2.23. The summed E-state index contributed by atoms with van der Waals surface area (Å²) in [5.74, 6) is -0.666. The number of rotatable bonds is 10. The van der Waals surface area contributed by atoms with E-state index in [2.05, 4.69) is 10.3 Å². The second-order valence-electron chi connectivity index (χ2n) is 9.77. The number of para-hydroxylation sites is 1. The van der Waals surface area contributed by atoms with Gasteiger partial charge in [-0.15, -0.1) is 0 Å². The fourth-order valence-corrected chi connectivity index (χ4v) is 4.44. The largest absolute Gasteiger partial charge is 0.457 e. The molecule has 0 atom stereocenters. The third kappa shape index (κ3) is 7.00. The minimum absolute atomic E-state index is 0.0730. The number of amides is 3. The normalized spacial score (nSPS) is 10.7. The highest BCUT2D eigenvalue weighted by molar-refractivity contribution is 6.02. The van der Waals surface area contributed by atoms with Crippen LogP contribution in [0, 0.1) is 5.82 Å². The summed E-state index contributed by atoms with van der Waals surface area (Å²) in [5.41, 5.74) is 1.93. The fourth-order valence-electron chi connectivity index (χ4n) is 4.44. The number of benzene rings is 4. The fraction of sp³-hybridized carbons (Fsp3) is 0.121. The first-order valence-corrected chi connectivity index (χ1v) is 13.3.